The van der Waals surface area contributed by atoms with Crippen LogP contribution >= 0.6 is 0 Å². The third kappa shape index (κ3) is 4.81. The number of hydrogen-bond donors (Lipinski definition) is 0. The fourth-order valence-corrected chi connectivity index (χ4v) is 5.65. The predicted octanol–water partition coefficient (Wildman–Crippen LogP) is 1.99. The minimum Gasteiger partial charge on any atom is -0.340 e. The van der Waals surface area contributed by atoms with E-state index >= 15 is 0 Å². The van der Waals surface area contributed by atoms with Crippen molar-refractivity contribution in [1.29, 1.82) is 0 Å². The number of carbonyl (C=O) groups excluding carboxylic acids is 2. The molecule has 0 bridgehead atoms. The summed E-state index contributed by atoms with van der Waals surface area (Å²) in [5.41, 5.74) is 0.781. The molecule has 2 fully saturated rings. The molecule has 4 rings (SSSR count). The molecule has 0 N–H and O–H groups in total. The van der Waals surface area contributed by atoms with Crippen LogP contribution in [0.2, 0.25) is 0 Å². The minimum absolute atomic E-state index is 0.0348. The summed E-state index contributed by atoms with van der Waals surface area (Å²) < 4.78 is 53.8. The summed E-state index contributed by atoms with van der Waals surface area (Å²) in [5.74, 6) is -2.96. The molecule has 0 aliphatic carbocycles. The zero-order valence-electron chi connectivity index (χ0n) is 17.3. The largest absolute Gasteiger partial charge is 0.340 e. The Labute approximate surface area is 185 Å². The molecule has 10 heteroatoms. The van der Waals surface area contributed by atoms with Gasteiger partial charge in [-0.05, 0) is 17.7 Å². The van der Waals surface area contributed by atoms with Crippen molar-refractivity contribution in [1.82, 2.24) is 9.21 Å². The maximum Gasteiger partial charge on any atom is 0.228 e. The summed E-state index contributed by atoms with van der Waals surface area (Å²) in [4.78, 5) is 28.1. The fraction of sp³-hybridized carbons (Fsp3) is 0.364. The predicted molar refractivity (Wildman–Crippen MR) is 114 cm³/mol. The number of amides is 2. The number of benzene rings is 2. The van der Waals surface area contributed by atoms with Crippen molar-refractivity contribution in [3.05, 3.63) is 65.7 Å². The Morgan fingerprint density at radius 3 is 2.22 bits per heavy atom. The standard InChI is InChI=1S/C22H23F2N3O4S/c23-18-11-19(24)13-20(12-18)27-14-17(10-21(27)28)22(29)25-6-8-26(9-7-25)32(30,31)15-16-4-2-1-3-5-16/h1-5,11-13,17H,6-10,14-15H2. The Hall–Kier alpha value is -2.85. The SMILES string of the molecule is O=C(C1CC(=O)N(c2cc(F)cc(F)c2)C1)N1CCN(S(=O)(=O)Cc2ccccc2)CC1. The van der Waals surface area contributed by atoms with Gasteiger partial charge in [-0.1, -0.05) is 30.3 Å². The summed E-state index contributed by atoms with van der Waals surface area (Å²) >= 11 is 0. The van der Waals surface area contributed by atoms with Crippen molar-refractivity contribution in [3.63, 3.8) is 0 Å². The molecule has 0 aromatic heterocycles. The fourth-order valence-electron chi connectivity index (χ4n) is 4.14. The van der Waals surface area contributed by atoms with Crippen LogP contribution in [0.3, 0.4) is 0 Å². The summed E-state index contributed by atoms with van der Waals surface area (Å²) in [6.07, 6.45) is -0.0521. The number of nitrogens with zero attached hydrogens (tertiary/aromatic N) is 3. The normalized spacial score (nSPS) is 20.1. The van der Waals surface area contributed by atoms with Gasteiger partial charge in [-0.25, -0.2) is 17.2 Å². The van der Waals surface area contributed by atoms with Crippen molar-refractivity contribution >= 4 is 27.5 Å². The summed E-state index contributed by atoms with van der Waals surface area (Å²) in [5, 5.41) is 0. The molecule has 1 atom stereocenters. The molecule has 1 unspecified atom stereocenters. The molecule has 170 valence electrons. The Balaban J connectivity index is 1.36. The van der Waals surface area contributed by atoms with Gasteiger partial charge in [0.2, 0.25) is 21.8 Å². The third-order valence-electron chi connectivity index (χ3n) is 5.77. The third-order valence-corrected chi connectivity index (χ3v) is 7.62. The molecular weight excluding hydrogens is 440 g/mol. The molecule has 0 spiro atoms. The molecule has 0 saturated carbocycles. The molecular formula is C22H23F2N3O4S. The summed E-state index contributed by atoms with van der Waals surface area (Å²) in [6, 6.07) is 11.7. The quantitative estimate of drug-likeness (QED) is 0.680. The van der Waals surface area contributed by atoms with Gasteiger partial charge in [0.15, 0.2) is 0 Å². The zero-order valence-corrected chi connectivity index (χ0v) is 18.1. The average molecular weight is 464 g/mol. The minimum atomic E-state index is -3.50. The van der Waals surface area contributed by atoms with Crippen LogP contribution in [0.1, 0.15) is 12.0 Å². The first-order valence-electron chi connectivity index (χ1n) is 10.3. The van der Waals surface area contributed by atoms with E-state index in [4.69, 9.17) is 0 Å². The van der Waals surface area contributed by atoms with Crippen LogP contribution in [0.4, 0.5) is 14.5 Å². The first-order chi connectivity index (χ1) is 15.2. The molecule has 2 aliphatic rings. The van der Waals surface area contributed by atoms with Crippen LogP contribution in [0, 0.1) is 17.6 Å². The number of halogens is 2. The van der Waals surface area contributed by atoms with E-state index in [-0.39, 0.29) is 62.4 Å². The lowest BCUT2D eigenvalue weighted by Gasteiger charge is -2.35. The van der Waals surface area contributed by atoms with Gasteiger partial charge >= 0.3 is 0 Å². The average Bonchev–Trinajstić information content (AvgIpc) is 3.15. The van der Waals surface area contributed by atoms with Crippen LogP contribution in [-0.2, 0) is 25.4 Å². The number of rotatable bonds is 5. The number of piperazine rings is 1. The van der Waals surface area contributed by atoms with Gasteiger partial charge in [-0.15, -0.1) is 0 Å². The van der Waals surface area contributed by atoms with E-state index in [9.17, 15) is 26.8 Å². The molecule has 2 amide bonds. The first-order valence-corrected chi connectivity index (χ1v) is 11.9. The summed E-state index contributed by atoms with van der Waals surface area (Å²) in [6.45, 7) is 0.853. The second-order valence-corrected chi connectivity index (χ2v) is 9.97. The molecule has 2 aromatic carbocycles. The zero-order chi connectivity index (χ0) is 22.9. The monoisotopic (exact) mass is 463 g/mol. The summed E-state index contributed by atoms with van der Waals surface area (Å²) in [7, 11) is -3.50. The molecule has 0 radical (unpaired) electrons. The van der Waals surface area contributed by atoms with Gasteiger partial charge < -0.3 is 9.80 Å². The Morgan fingerprint density at radius 1 is 0.969 bits per heavy atom. The highest BCUT2D eigenvalue weighted by Gasteiger charge is 2.39. The van der Waals surface area contributed by atoms with E-state index in [0.29, 0.717) is 5.56 Å². The topological polar surface area (TPSA) is 78.0 Å². The molecule has 2 heterocycles. The second kappa shape index (κ2) is 8.95. The second-order valence-electron chi connectivity index (χ2n) is 8.00. The molecule has 7 nitrogen and oxygen atoms in total. The number of hydrogen-bond acceptors (Lipinski definition) is 4. The Kier molecular flexibility index (Phi) is 6.25. The van der Waals surface area contributed by atoms with Gasteiger partial charge in [0.1, 0.15) is 11.6 Å². The van der Waals surface area contributed by atoms with Gasteiger partial charge in [0, 0.05) is 50.9 Å². The maximum absolute atomic E-state index is 13.5. The van der Waals surface area contributed by atoms with Crippen LogP contribution in [0.25, 0.3) is 0 Å². The maximum atomic E-state index is 13.5. The van der Waals surface area contributed by atoms with Crippen molar-refractivity contribution in [2.24, 2.45) is 5.92 Å². The molecule has 2 saturated heterocycles. The van der Waals surface area contributed by atoms with Crippen molar-refractivity contribution in [3.8, 4) is 0 Å². The van der Waals surface area contributed by atoms with E-state index in [1.54, 1.807) is 29.2 Å². The van der Waals surface area contributed by atoms with Crippen LogP contribution in [-0.4, -0.2) is 62.2 Å². The van der Waals surface area contributed by atoms with E-state index in [2.05, 4.69) is 0 Å². The molecule has 32 heavy (non-hydrogen) atoms. The van der Waals surface area contributed by atoms with Crippen LogP contribution < -0.4 is 4.90 Å². The Morgan fingerprint density at radius 2 is 1.59 bits per heavy atom. The lowest BCUT2D eigenvalue weighted by molar-refractivity contribution is -0.136. The lowest BCUT2D eigenvalue weighted by atomic mass is 10.1. The van der Waals surface area contributed by atoms with Gasteiger partial charge in [-0.2, -0.15) is 4.31 Å². The highest BCUT2D eigenvalue weighted by molar-refractivity contribution is 7.88. The van der Waals surface area contributed by atoms with E-state index in [0.717, 1.165) is 18.2 Å². The smallest absolute Gasteiger partial charge is 0.228 e. The van der Waals surface area contributed by atoms with E-state index in [1.807, 2.05) is 6.07 Å². The van der Waals surface area contributed by atoms with Crippen LogP contribution in [0.15, 0.2) is 48.5 Å². The molecule has 2 aromatic rings. The van der Waals surface area contributed by atoms with E-state index in [1.165, 1.54) is 9.21 Å². The highest BCUT2D eigenvalue weighted by atomic mass is 32.2. The number of sulfonamides is 1. The van der Waals surface area contributed by atoms with Crippen molar-refractivity contribution < 1.29 is 26.8 Å². The van der Waals surface area contributed by atoms with Crippen molar-refractivity contribution in [2.75, 3.05) is 37.6 Å². The molecule has 2 aliphatic heterocycles. The Bertz CT molecular complexity index is 1100. The van der Waals surface area contributed by atoms with Gasteiger partial charge in [0.25, 0.3) is 0 Å². The number of carbonyl (C=O) groups is 2. The lowest BCUT2D eigenvalue weighted by Crippen LogP contribution is -2.52. The van der Waals surface area contributed by atoms with Gasteiger partial charge in [0.05, 0.1) is 11.7 Å². The highest BCUT2D eigenvalue weighted by Crippen LogP contribution is 2.28. The van der Waals surface area contributed by atoms with Gasteiger partial charge in [-0.3, -0.25) is 9.59 Å². The van der Waals surface area contributed by atoms with Crippen LogP contribution in [0.5, 0.6) is 0 Å². The van der Waals surface area contributed by atoms with E-state index < -0.39 is 27.6 Å². The number of anilines is 1. The van der Waals surface area contributed by atoms with Crippen molar-refractivity contribution in [2.45, 2.75) is 12.2 Å². The first kappa shape index (κ1) is 22.3.